The summed E-state index contributed by atoms with van der Waals surface area (Å²) in [6.45, 7) is 2.15. The van der Waals surface area contributed by atoms with Crippen LogP contribution in [0.2, 0.25) is 5.02 Å². The van der Waals surface area contributed by atoms with E-state index in [0.717, 1.165) is 0 Å². The van der Waals surface area contributed by atoms with Crippen LogP contribution in [0.25, 0.3) is 0 Å². The van der Waals surface area contributed by atoms with Crippen molar-refractivity contribution in [3.63, 3.8) is 0 Å². The monoisotopic (exact) mass is 319 g/mol. The van der Waals surface area contributed by atoms with Crippen molar-refractivity contribution in [3.05, 3.63) is 23.2 Å². The molecule has 1 aromatic rings. The summed E-state index contributed by atoms with van der Waals surface area (Å²) >= 11 is 5.97. The van der Waals surface area contributed by atoms with Crippen LogP contribution in [0.15, 0.2) is 23.1 Å². The molecule has 0 radical (unpaired) electrons. The fraction of sp³-hybridized carbons (Fsp3) is 0.538. The van der Waals surface area contributed by atoms with Gasteiger partial charge in [0, 0.05) is 13.1 Å². The van der Waals surface area contributed by atoms with Crippen molar-refractivity contribution < 1.29 is 18.3 Å². The van der Waals surface area contributed by atoms with Crippen LogP contribution in [-0.2, 0) is 10.0 Å². The van der Waals surface area contributed by atoms with E-state index in [2.05, 4.69) is 0 Å². The Balaban J connectivity index is 2.33. The molecule has 5 nitrogen and oxygen atoms in total. The highest BCUT2D eigenvalue weighted by molar-refractivity contribution is 7.89. The summed E-state index contributed by atoms with van der Waals surface area (Å²) in [5.41, 5.74) is -0.985. The molecule has 0 saturated carbocycles. The molecule has 0 spiro atoms. The number of nitrogens with zero attached hydrogens (tertiary/aromatic N) is 1. The van der Waals surface area contributed by atoms with E-state index in [1.165, 1.54) is 29.6 Å². The molecule has 2 rings (SSSR count). The first kappa shape index (κ1) is 15.6. The predicted molar refractivity (Wildman–Crippen MR) is 76.6 cm³/mol. The Morgan fingerprint density at radius 1 is 1.45 bits per heavy atom. The van der Waals surface area contributed by atoms with Crippen molar-refractivity contribution >= 4 is 21.6 Å². The lowest BCUT2D eigenvalue weighted by atomic mass is 9.97. The Labute approximate surface area is 124 Å². The summed E-state index contributed by atoms with van der Waals surface area (Å²) in [6.07, 6.45) is 1.23. The maximum absolute atomic E-state index is 12.5. The fourth-order valence-electron chi connectivity index (χ4n) is 2.34. The second-order valence-electron chi connectivity index (χ2n) is 5.24. The molecule has 7 heteroatoms. The summed E-state index contributed by atoms with van der Waals surface area (Å²) in [5, 5.41) is 10.3. The van der Waals surface area contributed by atoms with Gasteiger partial charge in [-0.25, -0.2) is 8.42 Å². The van der Waals surface area contributed by atoms with Gasteiger partial charge in [0.05, 0.1) is 22.6 Å². The van der Waals surface area contributed by atoms with E-state index in [1.807, 2.05) is 0 Å². The molecule has 1 atom stereocenters. The fourth-order valence-corrected chi connectivity index (χ4v) is 4.28. The molecule has 0 aliphatic carbocycles. The van der Waals surface area contributed by atoms with Crippen molar-refractivity contribution in [1.82, 2.24) is 4.31 Å². The van der Waals surface area contributed by atoms with Gasteiger partial charge in [0.1, 0.15) is 5.75 Å². The van der Waals surface area contributed by atoms with Gasteiger partial charge in [-0.05, 0) is 38.0 Å². The molecule has 0 aromatic heterocycles. The molecule has 1 aromatic carbocycles. The molecule has 20 heavy (non-hydrogen) atoms. The number of ether oxygens (including phenoxy) is 1. The van der Waals surface area contributed by atoms with E-state index in [-0.39, 0.29) is 16.5 Å². The molecular formula is C13H18ClNO4S. The quantitative estimate of drug-likeness (QED) is 0.924. The molecule has 0 bridgehead atoms. The number of hydrogen-bond acceptors (Lipinski definition) is 4. The highest BCUT2D eigenvalue weighted by Gasteiger charge is 2.35. The number of aliphatic hydroxyl groups is 1. The van der Waals surface area contributed by atoms with Gasteiger partial charge in [-0.15, -0.1) is 0 Å². The van der Waals surface area contributed by atoms with Crippen LogP contribution in [-0.4, -0.2) is 43.6 Å². The Morgan fingerprint density at radius 2 is 2.15 bits per heavy atom. The van der Waals surface area contributed by atoms with Gasteiger partial charge >= 0.3 is 0 Å². The van der Waals surface area contributed by atoms with Crippen molar-refractivity contribution in [2.24, 2.45) is 0 Å². The van der Waals surface area contributed by atoms with Crippen molar-refractivity contribution in [1.29, 1.82) is 0 Å². The smallest absolute Gasteiger partial charge is 0.243 e. The predicted octanol–water partition coefficient (Wildman–Crippen LogP) is 1.88. The first-order valence-corrected chi connectivity index (χ1v) is 8.14. The Morgan fingerprint density at radius 3 is 2.70 bits per heavy atom. The minimum atomic E-state index is -3.65. The van der Waals surface area contributed by atoms with Crippen LogP contribution >= 0.6 is 11.6 Å². The standard InChI is InChI=1S/C13H18ClNO4S/c1-13(16)6-3-7-15(9-13)20(17,18)10-4-5-12(19-2)11(14)8-10/h4-5,8,16H,3,6-7,9H2,1-2H3. The normalized spacial score (nSPS) is 24.6. The molecule has 112 valence electrons. The Bertz CT molecular complexity index is 600. The number of sulfonamides is 1. The first-order valence-electron chi connectivity index (χ1n) is 6.32. The molecule has 0 amide bonds. The van der Waals surface area contributed by atoms with E-state index in [4.69, 9.17) is 16.3 Å². The molecule has 1 aliphatic rings. The van der Waals surface area contributed by atoms with Gasteiger partial charge in [-0.1, -0.05) is 11.6 Å². The first-order chi connectivity index (χ1) is 9.26. The molecule has 1 fully saturated rings. The zero-order valence-corrected chi connectivity index (χ0v) is 13.0. The zero-order chi connectivity index (χ0) is 15.0. The SMILES string of the molecule is COc1ccc(S(=O)(=O)N2CCCC(C)(O)C2)cc1Cl. The molecule has 1 unspecified atom stereocenters. The summed E-state index contributed by atoms with van der Waals surface area (Å²) in [4.78, 5) is 0.112. The van der Waals surface area contributed by atoms with E-state index in [0.29, 0.717) is 25.1 Å². The largest absolute Gasteiger partial charge is 0.495 e. The summed E-state index contributed by atoms with van der Waals surface area (Å²) in [7, 11) is -2.18. The average molecular weight is 320 g/mol. The number of rotatable bonds is 3. The van der Waals surface area contributed by atoms with Crippen LogP contribution < -0.4 is 4.74 Å². The Hall–Kier alpha value is -0.820. The molecule has 1 heterocycles. The number of benzene rings is 1. The van der Waals surface area contributed by atoms with E-state index in [1.54, 1.807) is 6.92 Å². The third-order valence-corrected chi connectivity index (χ3v) is 5.54. The number of halogens is 1. The molecular weight excluding hydrogens is 302 g/mol. The third-order valence-electron chi connectivity index (χ3n) is 3.40. The highest BCUT2D eigenvalue weighted by Crippen LogP contribution is 2.30. The van der Waals surface area contributed by atoms with Gasteiger partial charge in [0.15, 0.2) is 0 Å². The Kier molecular flexibility index (Phi) is 4.30. The van der Waals surface area contributed by atoms with Gasteiger partial charge < -0.3 is 9.84 Å². The topological polar surface area (TPSA) is 66.8 Å². The second kappa shape index (κ2) is 5.52. The van der Waals surface area contributed by atoms with Crippen LogP contribution in [0.1, 0.15) is 19.8 Å². The zero-order valence-electron chi connectivity index (χ0n) is 11.5. The van der Waals surface area contributed by atoms with Gasteiger partial charge in [-0.3, -0.25) is 0 Å². The maximum atomic E-state index is 12.5. The molecule has 1 saturated heterocycles. The summed E-state index contributed by atoms with van der Waals surface area (Å²) in [5.74, 6) is 0.427. The van der Waals surface area contributed by atoms with Gasteiger partial charge in [0.2, 0.25) is 10.0 Å². The van der Waals surface area contributed by atoms with Crippen LogP contribution in [0.4, 0.5) is 0 Å². The van der Waals surface area contributed by atoms with Crippen LogP contribution in [0, 0.1) is 0 Å². The highest BCUT2D eigenvalue weighted by atomic mass is 35.5. The van der Waals surface area contributed by atoms with E-state index in [9.17, 15) is 13.5 Å². The number of hydrogen-bond donors (Lipinski definition) is 1. The lowest BCUT2D eigenvalue weighted by molar-refractivity contribution is 0.00940. The van der Waals surface area contributed by atoms with E-state index < -0.39 is 15.6 Å². The van der Waals surface area contributed by atoms with Crippen molar-refractivity contribution in [2.45, 2.75) is 30.3 Å². The van der Waals surface area contributed by atoms with Crippen molar-refractivity contribution in [2.75, 3.05) is 20.2 Å². The molecule has 1 N–H and O–H groups in total. The lowest BCUT2D eigenvalue weighted by Gasteiger charge is -2.35. The van der Waals surface area contributed by atoms with E-state index >= 15 is 0 Å². The molecule has 1 aliphatic heterocycles. The summed E-state index contributed by atoms with van der Waals surface area (Å²) in [6, 6.07) is 4.36. The van der Waals surface area contributed by atoms with Crippen LogP contribution in [0.3, 0.4) is 0 Å². The lowest BCUT2D eigenvalue weighted by Crippen LogP contribution is -2.48. The second-order valence-corrected chi connectivity index (χ2v) is 7.58. The van der Waals surface area contributed by atoms with Crippen molar-refractivity contribution in [3.8, 4) is 5.75 Å². The van der Waals surface area contributed by atoms with Gasteiger partial charge in [-0.2, -0.15) is 4.31 Å². The number of methoxy groups -OCH3 is 1. The average Bonchev–Trinajstić information content (AvgIpc) is 2.37. The summed E-state index contributed by atoms with van der Waals surface area (Å²) < 4.78 is 31.4. The van der Waals surface area contributed by atoms with Gasteiger partial charge in [0.25, 0.3) is 0 Å². The third kappa shape index (κ3) is 3.09. The number of piperidine rings is 1. The maximum Gasteiger partial charge on any atom is 0.243 e. The minimum absolute atomic E-state index is 0.0962. The minimum Gasteiger partial charge on any atom is -0.495 e. The van der Waals surface area contributed by atoms with Crippen LogP contribution in [0.5, 0.6) is 5.75 Å². The number of β-amino-alcohol motifs (C(OH)–C–C–N with tert-alkyl or cyclic N) is 1.